The molecular formula is C18H22FN5O3S. The molecule has 2 atom stereocenters. The molecular weight excluding hydrogens is 385 g/mol. The number of amides is 1. The average Bonchev–Trinajstić information content (AvgIpc) is 3.05. The first-order chi connectivity index (χ1) is 13.1. The first-order valence-corrected chi connectivity index (χ1v) is 10.1. The van der Waals surface area contributed by atoms with Crippen molar-refractivity contribution >= 4 is 15.9 Å². The molecule has 10 heteroatoms. The fourth-order valence-corrected chi connectivity index (χ4v) is 4.15. The number of nitrogens with one attached hydrogen (secondary N) is 2. The third kappa shape index (κ3) is 5.26. The summed E-state index contributed by atoms with van der Waals surface area (Å²) < 4.78 is 40.9. The van der Waals surface area contributed by atoms with Crippen molar-refractivity contribution in [3.8, 4) is 6.07 Å². The van der Waals surface area contributed by atoms with Crippen LogP contribution >= 0.6 is 0 Å². The first kappa shape index (κ1) is 21.8. The summed E-state index contributed by atoms with van der Waals surface area (Å²) >= 11 is 0. The fourth-order valence-electron chi connectivity index (χ4n) is 2.78. The van der Waals surface area contributed by atoms with Gasteiger partial charge < -0.3 is 5.32 Å². The quantitative estimate of drug-likeness (QED) is 0.657. The van der Waals surface area contributed by atoms with Crippen LogP contribution in [-0.2, 0) is 14.8 Å². The highest BCUT2D eigenvalue weighted by Crippen LogP contribution is 2.21. The summed E-state index contributed by atoms with van der Waals surface area (Å²) in [5.74, 6) is -0.410. The van der Waals surface area contributed by atoms with Crippen molar-refractivity contribution in [1.29, 1.82) is 5.26 Å². The highest BCUT2D eigenvalue weighted by Gasteiger charge is 2.39. The highest BCUT2D eigenvalue weighted by molar-refractivity contribution is 7.89. The fraction of sp³-hybridized carbons (Fsp3) is 0.500. The molecule has 1 saturated heterocycles. The number of hydrogen-bond donors (Lipinski definition) is 2. The van der Waals surface area contributed by atoms with Crippen LogP contribution < -0.4 is 10.0 Å². The summed E-state index contributed by atoms with van der Waals surface area (Å²) in [6.07, 6.45) is -1.99. The second-order valence-corrected chi connectivity index (χ2v) is 8.89. The van der Waals surface area contributed by atoms with E-state index in [0.717, 1.165) is 0 Å². The predicted molar refractivity (Wildman–Crippen MR) is 100 cm³/mol. The van der Waals surface area contributed by atoms with Gasteiger partial charge in [-0.1, -0.05) is 12.1 Å². The highest BCUT2D eigenvalue weighted by atomic mass is 32.2. The van der Waals surface area contributed by atoms with Gasteiger partial charge in [0.25, 0.3) is 0 Å². The maximum Gasteiger partial charge on any atom is 0.303 e. The second-order valence-electron chi connectivity index (χ2n) is 7.16. The number of benzene rings is 1. The number of alkyl halides is 1. The number of hydrogen-bond acceptors (Lipinski definition) is 5. The van der Waals surface area contributed by atoms with E-state index in [0.29, 0.717) is 0 Å². The predicted octanol–water partition coefficient (Wildman–Crippen LogP) is 1.02. The van der Waals surface area contributed by atoms with Gasteiger partial charge in [0.2, 0.25) is 15.9 Å². The topological polar surface area (TPSA) is 107 Å². The summed E-state index contributed by atoms with van der Waals surface area (Å²) in [7, 11) is -3.91. The molecule has 2 rings (SSSR count). The normalized spacial score (nSPS) is 19.8. The number of halogens is 1. The molecule has 0 aliphatic carbocycles. The van der Waals surface area contributed by atoms with Crippen LogP contribution in [0.25, 0.3) is 4.85 Å². The van der Waals surface area contributed by atoms with E-state index in [4.69, 9.17) is 11.8 Å². The molecule has 2 N–H and O–H groups in total. The monoisotopic (exact) mass is 407 g/mol. The lowest BCUT2D eigenvalue weighted by Crippen LogP contribution is -2.52. The Balaban J connectivity index is 1.96. The van der Waals surface area contributed by atoms with E-state index in [1.165, 1.54) is 23.1 Å². The van der Waals surface area contributed by atoms with Gasteiger partial charge in [0.1, 0.15) is 12.2 Å². The van der Waals surface area contributed by atoms with E-state index in [-0.39, 0.29) is 36.5 Å². The molecule has 1 aromatic rings. The van der Waals surface area contributed by atoms with Crippen molar-refractivity contribution in [2.75, 3.05) is 19.6 Å². The Hall–Kier alpha value is -2.53. The van der Waals surface area contributed by atoms with Crippen molar-refractivity contribution in [2.45, 2.75) is 43.0 Å². The molecule has 28 heavy (non-hydrogen) atoms. The van der Waals surface area contributed by atoms with Gasteiger partial charge in [0.15, 0.2) is 0 Å². The van der Waals surface area contributed by atoms with Gasteiger partial charge in [0.05, 0.1) is 30.0 Å². The minimum Gasteiger partial charge on any atom is -0.302 e. The van der Waals surface area contributed by atoms with Crippen molar-refractivity contribution in [3.63, 3.8) is 0 Å². The maximum atomic E-state index is 13.5. The lowest BCUT2D eigenvalue weighted by atomic mass is 10.1. The number of carbonyl (C=O) groups excluding carboxylic acids is 1. The molecule has 150 valence electrons. The summed E-state index contributed by atoms with van der Waals surface area (Å²) in [6, 6.07) is 7.70. The van der Waals surface area contributed by atoms with Crippen LogP contribution in [-0.4, -0.2) is 56.7 Å². The smallest absolute Gasteiger partial charge is 0.302 e. The molecule has 1 aromatic carbocycles. The Morgan fingerprint density at radius 1 is 1.46 bits per heavy atom. The van der Waals surface area contributed by atoms with Crippen LogP contribution in [0.4, 0.5) is 4.39 Å². The molecule has 1 fully saturated rings. The van der Waals surface area contributed by atoms with E-state index < -0.39 is 33.8 Å². The van der Waals surface area contributed by atoms with Gasteiger partial charge >= 0.3 is 6.17 Å². The Bertz CT molecular complexity index is 920. The van der Waals surface area contributed by atoms with E-state index in [1.54, 1.807) is 19.9 Å². The van der Waals surface area contributed by atoms with Crippen molar-refractivity contribution in [3.05, 3.63) is 41.2 Å². The zero-order valence-corrected chi connectivity index (χ0v) is 16.5. The average molecular weight is 407 g/mol. The van der Waals surface area contributed by atoms with Crippen LogP contribution in [0, 0.1) is 17.9 Å². The summed E-state index contributed by atoms with van der Waals surface area (Å²) in [6.45, 7) is 10.2. The van der Waals surface area contributed by atoms with E-state index in [9.17, 15) is 17.6 Å². The number of nitrogens with zero attached hydrogens (tertiary/aromatic N) is 3. The second kappa shape index (κ2) is 8.65. The van der Waals surface area contributed by atoms with Crippen molar-refractivity contribution in [2.24, 2.45) is 0 Å². The summed E-state index contributed by atoms with van der Waals surface area (Å²) in [5, 5.41) is 12.0. The Kier molecular flexibility index (Phi) is 6.73. The largest absolute Gasteiger partial charge is 0.303 e. The van der Waals surface area contributed by atoms with Crippen LogP contribution in [0.5, 0.6) is 0 Å². The summed E-state index contributed by atoms with van der Waals surface area (Å²) in [5.41, 5.74) is -0.761. The Labute approximate surface area is 164 Å². The maximum absolute atomic E-state index is 13.5. The zero-order chi connectivity index (χ0) is 20.9. The molecule has 0 saturated carbocycles. The lowest BCUT2D eigenvalue weighted by molar-refractivity contribution is -0.130. The van der Waals surface area contributed by atoms with Gasteiger partial charge in [-0.3, -0.25) is 14.5 Å². The van der Waals surface area contributed by atoms with Crippen molar-refractivity contribution in [1.82, 2.24) is 14.9 Å². The minimum atomic E-state index is -3.91. The van der Waals surface area contributed by atoms with Crippen molar-refractivity contribution < 1.29 is 17.6 Å². The Morgan fingerprint density at radius 3 is 2.79 bits per heavy atom. The third-order valence-electron chi connectivity index (χ3n) is 4.41. The van der Waals surface area contributed by atoms with Gasteiger partial charge in [-0.15, -0.1) is 0 Å². The number of sulfonamides is 1. The van der Waals surface area contributed by atoms with Crippen LogP contribution in [0.1, 0.15) is 25.8 Å². The lowest BCUT2D eigenvalue weighted by Gasteiger charge is -2.27. The molecule has 1 aliphatic rings. The standard InChI is InChI=1S/C18H22FN5O3S/c1-18(2,22-10-17(25)24-11-14(19)8-16(24)21-3)12-23-28(26,27)15-7-5-4-6-13(15)9-20/h4-7,14,16,22-23H,8,10-12H2,1-2H3/t14-,16-/m0/s1. The SMILES string of the molecule is [C-]#[N+][C@@H]1C[C@H](F)CN1C(=O)CNC(C)(C)CNS(=O)(=O)c1ccccc1C#N. The molecule has 0 bridgehead atoms. The zero-order valence-electron chi connectivity index (χ0n) is 15.6. The van der Waals surface area contributed by atoms with E-state index in [1.807, 2.05) is 6.07 Å². The molecule has 1 amide bonds. The van der Waals surface area contributed by atoms with Crippen LogP contribution in [0.15, 0.2) is 29.2 Å². The molecule has 8 nitrogen and oxygen atoms in total. The van der Waals surface area contributed by atoms with Gasteiger partial charge in [-0.05, 0) is 26.0 Å². The molecule has 0 unspecified atom stereocenters. The molecule has 0 spiro atoms. The number of nitriles is 1. The first-order valence-electron chi connectivity index (χ1n) is 8.63. The summed E-state index contributed by atoms with van der Waals surface area (Å²) in [4.78, 5) is 16.7. The molecule has 0 radical (unpaired) electrons. The van der Waals surface area contributed by atoms with Gasteiger partial charge in [0, 0.05) is 12.1 Å². The number of rotatable bonds is 7. The van der Waals surface area contributed by atoms with Gasteiger partial charge in [-0.2, -0.15) is 5.26 Å². The van der Waals surface area contributed by atoms with Crippen LogP contribution in [0.3, 0.4) is 0 Å². The van der Waals surface area contributed by atoms with Crippen LogP contribution in [0.2, 0.25) is 0 Å². The Morgan fingerprint density at radius 2 is 2.14 bits per heavy atom. The minimum absolute atomic E-state index is 0.0106. The number of carbonyl (C=O) groups is 1. The van der Waals surface area contributed by atoms with E-state index >= 15 is 0 Å². The number of likely N-dealkylation sites (tertiary alicyclic amines) is 1. The molecule has 0 aromatic heterocycles. The van der Waals surface area contributed by atoms with Gasteiger partial charge in [-0.25, -0.2) is 24.1 Å². The van der Waals surface area contributed by atoms with E-state index in [2.05, 4.69) is 14.9 Å². The molecule has 1 aliphatic heterocycles. The third-order valence-corrected chi connectivity index (χ3v) is 5.87. The molecule has 1 heterocycles.